The Kier molecular flexibility index (Phi) is 4.55. The first kappa shape index (κ1) is 13.3. The molecule has 2 N–H and O–H groups in total. The van der Waals surface area contributed by atoms with E-state index in [2.05, 4.69) is 22.9 Å². The van der Waals surface area contributed by atoms with Crippen LogP contribution in [-0.2, 0) is 11.2 Å². The van der Waals surface area contributed by atoms with Gasteiger partial charge in [0.2, 0.25) is 0 Å². The average molecular weight is 249 g/mol. The average Bonchev–Trinajstić information content (AvgIpc) is 2.88. The number of rotatable bonds is 5. The molecule has 2 heterocycles. The van der Waals surface area contributed by atoms with Crippen molar-refractivity contribution < 1.29 is 4.74 Å². The summed E-state index contributed by atoms with van der Waals surface area (Å²) in [6, 6.07) is 4.34. The van der Waals surface area contributed by atoms with Crippen molar-refractivity contribution in [3.8, 4) is 0 Å². The van der Waals surface area contributed by atoms with Crippen LogP contribution in [0.3, 0.4) is 0 Å². The summed E-state index contributed by atoms with van der Waals surface area (Å²) >= 11 is 0. The maximum Gasteiger partial charge on any atom is 0.131 e. The molecule has 0 radical (unpaired) electrons. The fourth-order valence-electron chi connectivity index (χ4n) is 2.41. The first-order valence-corrected chi connectivity index (χ1v) is 6.71. The van der Waals surface area contributed by atoms with Gasteiger partial charge in [0.1, 0.15) is 5.82 Å². The van der Waals surface area contributed by atoms with Crippen LogP contribution in [0.5, 0.6) is 0 Å². The molecule has 4 heteroatoms. The molecule has 0 bridgehead atoms. The predicted molar refractivity (Wildman–Crippen MR) is 73.8 cm³/mol. The standard InChI is InChI=1S/C14H23N3O/c1-3-12(15)9-11-5-4-7-16-14(11)17-8-6-13(10-17)18-2/h4-5,7,12-13H,3,6,8-10,15H2,1-2H3. The van der Waals surface area contributed by atoms with E-state index in [0.29, 0.717) is 6.10 Å². The number of hydrogen-bond acceptors (Lipinski definition) is 4. The van der Waals surface area contributed by atoms with Gasteiger partial charge in [-0.15, -0.1) is 0 Å². The Balaban J connectivity index is 2.12. The van der Waals surface area contributed by atoms with Crippen molar-refractivity contribution in [2.45, 2.75) is 38.3 Å². The molecule has 0 aromatic carbocycles. The smallest absolute Gasteiger partial charge is 0.131 e. The maximum absolute atomic E-state index is 6.06. The Labute approximate surface area is 109 Å². The summed E-state index contributed by atoms with van der Waals surface area (Å²) in [7, 11) is 1.78. The van der Waals surface area contributed by atoms with Crippen LogP contribution in [-0.4, -0.2) is 37.3 Å². The molecule has 2 rings (SSSR count). The van der Waals surface area contributed by atoms with E-state index in [0.717, 1.165) is 38.2 Å². The minimum absolute atomic E-state index is 0.216. The van der Waals surface area contributed by atoms with Gasteiger partial charge in [0.15, 0.2) is 0 Å². The van der Waals surface area contributed by atoms with Crippen LogP contribution in [0, 0.1) is 0 Å². The number of ether oxygens (including phenoxy) is 1. The molecule has 1 aliphatic rings. The summed E-state index contributed by atoms with van der Waals surface area (Å²) in [5.41, 5.74) is 7.31. The summed E-state index contributed by atoms with van der Waals surface area (Å²) in [6.07, 6.45) is 5.16. The Morgan fingerprint density at radius 1 is 1.61 bits per heavy atom. The number of pyridine rings is 1. The van der Waals surface area contributed by atoms with Crippen LogP contribution in [0.2, 0.25) is 0 Å². The van der Waals surface area contributed by atoms with E-state index < -0.39 is 0 Å². The van der Waals surface area contributed by atoms with Crippen molar-refractivity contribution in [1.82, 2.24) is 4.98 Å². The fraction of sp³-hybridized carbons (Fsp3) is 0.643. The summed E-state index contributed by atoms with van der Waals surface area (Å²) in [6.45, 7) is 4.07. The number of nitrogens with two attached hydrogens (primary N) is 1. The van der Waals surface area contributed by atoms with Gasteiger partial charge in [0.05, 0.1) is 6.10 Å². The van der Waals surface area contributed by atoms with Crippen LogP contribution in [0.25, 0.3) is 0 Å². The Bertz CT molecular complexity index is 383. The minimum Gasteiger partial charge on any atom is -0.380 e. The summed E-state index contributed by atoms with van der Waals surface area (Å²) in [5.74, 6) is 1.08. The largest absolute Gasteiger partial charge is 0.380 e. The van der Waals surface area contributed by atoms with E-state index in [-0.39, 0.29) is 6.04 Å². The van der Waals surface area contributed by atoms with Gasteiger partial charge >= 0.3 is 0 Å². The first-order valence-electron chi connectivity index (χ1n) is 6.71. The molecule has 1 aromatic rings. The monoisotopic (exact) mass is 249 g/mol. The van der Waals surface area contributed by atoms with Crippen molar-refractivity contribution in [3.05, 3.63) is 23.9 Å². The Morgan fingerprint density at radius 2 is 2.44 bits per heavy atom. The number of nitrogens with zero attached hydrogens (tertiary/aromatic N) is 2. The molecule has 1 saturated heterocycles. The van der Waals surface area contributed by atoms with E-state index in [4.69, 9.17) is 10.5 Å². The third kappa shape index (κ3) is 3.00. The second-order valence-electron chi connectivity index (χ2n) is 4.95. The summed E-state index contributed by atoms with van der Waals surface area (Å²) < 4.78 is 5.41. The maximum atomic E-state index is 6.06. The van der Waals surface area contributed by atoms with Gasteiger partial charge in [-0.3, -0.25) is 0 Å². The van der Waals surface area contributed by atoms with Gasteiger partial charge in [-0.05, 0) is 30.9 Å². The lowest BCUT2D eigenvalue weighted by molar-refractivity contribution is 0.121. The molecule has 2 atom stereocenters. The van der Waals surface area contributed by atoms with E-state index in [1.807, 2.05) is 12.3 Å². The van der Waals surface area contributed by atoms with Gasteiger partial charge in [-0.25, -0.2) is 4.98 Å². The van der Waals surface area contributed by atoms with E-state index in [9.17, 15) is 0 Å². The van der Waals surface area contributed by atoms with Gasteiger partial charge in [0, 0.05) is 32.4 Å². The number of aromatic nitrogens is 1. The van der Waals surface area contributed by atoms with Crippen molar-refractivity contribution in [1.29, 1.82) is 0 Å². The van der Waals surface area contributed by atoms with Gasteiger partial charge < -0.3 is 15.4 Å². The van der Waals surface area contributed by atoms with Crippen LogP contribution in [0.4, 0.5) is 5.82 Å². The van der Waals surface area contributed by atoms with Crippen LogP contribution in [0.15, 0.2) is 18.3 Å². The Morgan fingerprint density at radius 3 is 3.11 bits per heavy atom. The lowest BCUT2D eigenvalue weighted by Gasteiger charge is -2.21. The highest BCUT2D eigenvalue weighted by Gasteiger charge is 2.24. The van der Waals surface area contributed by atoms with Gasteiger partial charge in [-0.1, -0.05) is 13.0 Å². The molecule has 1 aliphatic heterocycles. The minimum atomic E-state index is 0.216. The molecule has 0 amide bonds. The van der Waals surface area contributed by atoms with E-state index in [1.165, 1.54) is 5.56 Å². The Hall–Kier alpha value is -1.13. The molecule has 0 aliphatic carbocycles. The van der Waals surface area contributed by atoms with Crippen molar-refractivity contribution >= 4 is 5.82 Å². The van der Waals surface area contributed by atoms with Gasteiger partial charge in [0.25, 0.3) is 0 Å². The first-order chi connectivity index (χ1) is 8.74. The molecule has 1 aromatic heterocycles. The molecule has 100 valence electrons. The van der Waals surface area contributed by atoms with Crippen LogP contribution < -0.4 is 10.6 Å². The van der Waals surface area contributed by atoms with Crippen molar-refractivity contribution in [3.63, 3.8) is 0 Å². The lowest BCUT2D eigenvalue weighted by atomic mass is 10.1. The summed E-state index contributed by atoms with van der Waals surface area (Å²) in [4.78, 5) is 6.84. The lowest BCUT2D eigenvalue weighted by Crippen LogP contribution is -2.27. The molecule has 0 saturated carbocycles. The number of methoxy groups -OCH3 is 1. The highest BCUT2D eigenvalue weighted by atomic mass is 16.5. The van der Waals surface area contributed by atoms with Crippen molar-refractivity contribution in [2.75, 3.05) is 25.1 Å². The molecular formula is C14H23N3O. The zero-order chi connectivity index (χ0) is 13.0. The third-order valence-corrected chi connectivity index (χ3v) is 3.65. The molecule has 1 fully saturated rings. The zero-order valence-electron chi connectivity index (χ0n) is 11.3. The number of anilines is 1. The topological polar surface area (TPSA) is 51.4 Å². The molecular weight excluding hydrogens is 226 g/mol. The van der Waals surface area contributed by atoms with Crippen LogP contribution in [0.1, 0.15) is 25.3 Å². The SMILES string of the molecule is CCC(N)Cc1cccnc1N1CCC(OC)C1. The van der Waals surface area contributed by atoms with E-state index in [1.54, 1.807) is 7.11 Å². The predicted octanol–water partition coefficient (Wildman–Crippen LogP) is 1.59. The highest BCUT2D eigenvalue weighted by molar-refractivity contribution is 5.48. The second kappa shape index (κ2) is 6.16. The highest BCUT2D eigenvalue weighted by Crippen LogP contribution is 2.24. The van der Waals surface area contributed by atoms with Crippen molar-refractivity contribution in [2.24, 2.45) is 5.73 Å². The quantitative estimate of drug-likeness (QED) is 0.861. The molecule has 2 unspecified atom stereocenters. The normalized spacial score (nSPS) is 21.3. The third-order valence-electron chi connectivity index (χ3n) is 3.65. The number of hydrogen-bond donors (Lipinski definition) is 1. The second-order valence-corrected chi connectivity index (χ2v) is 4.95. The van der Waals surface area contributed by atoms with E-state index >= 15 is 0 Å². The molecule has 0 spiro atoms. The van der Waals surface area contributed by atoms with Gasteiger partial charge in [-0.2, -0.15) is 0 Å². The van der Waals surface area contributed by atoms with Crippen LogP contribution >= 0.6 is 0 Å². The zero-order valence-corrected chi connectivity index (χ0v) is 11.3. The molecule has 4 nitrogen and oxygen atoms in total. The fourth-order valence-corrected chi connectivity index (χ4v) is 2.41. The summed E-state index contributed by atoms with van der Waals surface area (Å²) in [5, 5.41) is 0. The molecule has 18 heavy (non-hydrogen) atoms.